The zero-order chi connectivity index (χ0) is 16.2. The van der Waals surface area contributed by atoms with Crippen LogP contribution in [0.2, 0.25) is 0 Å². The Morgan fingerprint density at radius 1 is 1.14 bits per heavy atom. The average Bonchev–Trinajstić information content (AvgIpc) is 2.51. The molecule has 1 rings (SSSR count). The van der Waals surface area contributed by atoms with Crippen molar-refractivity contribution in [3.05, 3.63) is 0 Å². The molecule has 126 valence electrons. The summed E-state index contributed by atoms with van der Waals surface area (Å²) in [7, 11) is 1.63. The van der Waals surface area contributed by atoms with Crippen molar-refractivity contribution < 1.29 is 24.8 Å². The van der Waals surface area contributed by atoms with Crippen molar-refractivity contribution in [2.24, 2.45) is 23.7 Å². The molecule has 1 saturated heterocycles. The number of ether oxygens (including phenoxy) is 2. The zero-order valence-electron chi connectivity index (χ0n) is 13.9. The van der Waals surface area contributed by atoms with Crippen molar-refractivity contribution in [3.63, 3.8) is 0 Å². The minimum Gasteiger partial charge on any atom is -0.396 e. The van der Waals surface area contributed by atoms with Crippen molar-refractivity contribution >= 4 is 0 Å². The van der Waals surface area contributed by atoms with E-state index in [1.54, 1.807) is 14.0 Å². The standard InChI is InChI=1S/C16H32O5/c1-9-6-7-13(20-5)21-16(9)12(4)15(19)11(3)14(18)10(2)8-17/h9-19H,6-8H2,1-5H3/t9-,10-,11-,12-,13?,14-,15-,16-/m0/s1. The van der Waals surface area contributed by atoms with E-state index in [9.17, 15) is 10.2 Å². The van der Waals surface area contributed by atoms with Gasteiger partial charge in [0.15, 0.2) is 6.29 Å². The van der Waals surface area contributed by atoms with E-state index in [4.69, 9.17) is 14.6 Å². The van der Waals surface area contributed by atoms with Gasteiger partial charge in [-0.3, -0.25) is 0 Å². The van der Waals surface area contributed by atoms with Crippen LogP contribution in [0.1, 0.15) is 40.5 Å². The topological polar surface area (TPSA) is 79.2 Å². The Morgan fingerprint density at radius 2 is 1.76 bits per heavy atom. The summed E-state index contributed by atoms with van der Waals surface area (Å²) in [6.07, 6.45) is 0.165. The van der Waals surface area contributed by atoms with E-state index in [0.29, 0.717) is 5.92 Å². The lowest BCUT2D eigenvalue weighted by molar-refractivity contribution is -0.220. The molecule has 0 aromatic heterocycles. The first-order valence-corrected chi connectivity index (χ1v) is 7.98. The van der Waals surface area contributed by atoms with Crippen molar-refractivity contribution in [2.75, 3.05) is 13.7 Å². The van der Waals surface area contributed by atoms with Crippen LogP contribution < -0.4 is 0 Å². The molecule has 1 unspecified atom stereocenters. The van der Waals surface area contributed by atoms with E-state index in [1.165, 1.54) is 0 Å². The van der Waals surface area contributed by atoms with E-state index >= 15 is 0 Å². The number of aliphatic hydroxyl groups is 3. The second kappa shape index (κ2) is 8.44. The molecular formula is C16H32O5. The zero-order valence-corrected chi connectivity index (χ0v) is 13.9. The molecule has 1 aliphatic rings. The average molecular weight is 304 g/mol. The van der Waals surface area contributed by atoms with Crippen LogP contribution in [0.5, 0.6) is 0 Å². The van der Waals surface area contributed by atoms with E-state index in [0.717, 1.165) is 12.8 Å². The van der Waals surface area contributed by atoms with Gasteiger partial charge in [-0.25, -0.2) is 0 Å². The molecule has 0 bridgehead atoms. The Labute approximate surface area is 128 Å². The number of hydrogen-bond acceptors (Lipinski definition) is 5. The van der Waals surface area contributed by atoms with Gasteiger partial charge in [-0.15, -0.1) is 0 Å². The predicted molar refractivity (Wildman–Crippen MR) is 80.7 cm³/mol. The SMILES string of the molecule is COC1CC[C@H](C)[C@@H]([C@@H](C)[C@@H](O)[C@@H](C)[C@@H](O)[C@@H](C)CO)O1. The summed E-state index contributed by atoms with van der Waals surface area (Å²) in [5.41, 5.74) is 0. The van der Waals surface area contributed by atoms with Gasteiger partial charge in [0.1, 0.15) is 0 Å². The van der Waals surface area contributed by atoms with Crippen molar-refractivity contribution in [3.8, 4) is 0 Å². The molecule has 8 atom stereocenters. The van der Waals surface area contributed by atoms with Crippen LogP contribution >= 0.6 is 0 Å². The summed E-state index contributed by atoms with van der Waals surface area (Å²) >= 11 is 0. The fourth-order valence-electron chi connectivity index (χ4n) is 3.26. The molecule has 0 aliphatic carbocycles. The Morgan fingerprint density at radius 3 is 2.29 bits per heavy atom. The number of hydrogen-bond donors (Lipinski definition) is 3. The minimum absolute atomic E-state index is 0.0854. The summed E-state index contributed by atoms with van der Waals surface area (Å²) in [4.78, 5) is 0. The molecule has 21 heavy (non-hydrogen) atoms. The molecule has 0 saturated carbocycles. The minimum atomic E-state index is -0.732. The second-order valence-corrected chi connectivity index (χ2v) is 6.68. The summed E-state index contributed by atoms with van der Waals surface area (Å²) in [5, 5.41) is 29.9. The number of aliphatic hydroxyl groups excluding tert-OH is 3. The molecule has 1 fully saturated rings. The molecule has 5 heteroatoms. The van der Waals surface area contributed by atoms with Crippen molar-refractivity contribution in [1.29, 1.82) is 0 Å². The highest BCUT2D eigenvalue weighted by atomic mass is 16.7. The van der Waals surface area contributed by atoms with Crippen LogP contribution in [0.25, 0.3) is 0 Å². The maximum atomic E-state index is 10.6. The molecule has 3 N–H and O–H groups in total. The maximum absolute atomic E-state index is 10.6. The molecule has 1 heterocycles. The van der Waals surface area contributed by atoms with E-state index in [1.807, 2.05) is 13.8 Å². The lowest BCUT2D eigenvalue weighted by Gasteiger charge is -2.41. The van der Waals surface area contributed by atoms with E-state index < -0.39 is 12.2 Å². The van der Waals surface area contributed by atoms with E-state index in [-0.39, 0.29) is 36.8 Å². The highest BCUT2D eigenvalue weighted by Gasteiger charge is 2.39. The maximum Gasteiger partial charge on any atom is 0.157 e. The summed E-state index contributed by atoms with van der Waals surface area (Å²) in [6.45, 7) is 7.58. The Kier molecular flexibility index (Phi) is 7.57. The van der Waals surface area contributed by atoms with Gasteiger partial charge in [-0.1, -0.05) is 27.7 Å². The first-order chi connectivity index (χ1) is 9.83. The largest absolute Gasteiger partial charge is 0.396 e. The molecule has 0 aromatic rings. The number of methoxy groups -OCH3 is 1. The van der Waals surface area contributed by atoms with Gasteiger partial charge in [-0.05, 0) is 18.8 Å². The Bertz CT molecular complexity index is 298. The van der Waals surface area contributed by atoms with Crippen molar-refractivity contribution in [1.82, 2.24) is 0 Å². The number of rotatable bonds is 7. The Balaban J connectivity index is 2.69. The third-order valence-corrected chi connectivity index (χ3v) is 5.00. The molecule has 0 radical (unpaired) electrons. The normalized spacial score (nSPS) is 34.0. The van der Waals surface area contributed by atoms with Gasteiger partial charge < -0.3 is 24.8 Å². The molecule has 5 nitrogen and oxygen atoms in total. The van der Waals surface area contributed by atoms with Gasteiger partial charge in [0, 0.05) is 31.5 Å². The van der Waals surface area contributed by atoms with Crippen LogP contribution in [-0.4, -0.2) is 53.6 Å². The molecule has 1 aliphatic heterocycles. The molecular weight excluding hydrogens is 272 g/mol. The fourth-order valence-corrected chi connectivity index (χ4v) is 3.26. The van der Waals surface area contributed by atoms with Gasteiger partial charge in [0.2, 0.25) is 0 Å². The van der Waals surface area contributed by atoms with Crippen LogP contribution in [0.4, 0.5) is 0 Å². The lowest BCUT2D eigenvalue weighted by Crippen LogP contribution is -2.47. The summed E-state index contributed by atoms with van der Waals surface area (Å²) < 4.78 is 11.2. The Hall–Kier alpha value is -0.200. The lowest BCUT2D eigenvalue weighted by atomic mass is 9.78. The first kappa shape index (κ1) is 18.8. The van der Waals surface area contributed by atoms with E-state index in [2.05, 4.69) is 6.92 Å². The van der Waals surface area contributed by atoms with Crippen LogP contribution in [0.15, 0.2) is 0 Å². The van der Waals surface area contributed by atoms with Crippen LogP contribution in [-0.2, 0) is 9.47 Å². The van der Waals surface area contributed by atoms with Gasteiger partial charge in [0.05, 0.1) is 18.3 Å². The predicted octanol–water partition coefficient (Wildman–Crippen LogP) is 1.40. The molecule has 0 aromatic carbocycles. The monoisotopic (exact) mass is 304 g/mol. The summed E-state index contributed by atoms with van der Waals surface area (Å²) in [5.74, 6) is -0.326. The van der Waals surface area contributed by atoms with Crippen LogP contribution in [0.3, 0.4) is 0 Å². The highest BCUT2D eigenvalue weighted by molar-refractivity contribution is 4.86. The summed E-state index contributed by atoms with van der Waals surface area (Å²) in [6, 6.07) is 0. The van der Waals surface area contributed by atoms with Gasteiger partial charge in [-0.2, -0.15) is 0 Å². The van der Waals surface area contributed by atoms with Gasteiger partial charge >= 0.3 is 0 Å². The highest BCUT2D eigenvalue weighted by Crippen LogP contribution is 2.33. The van der Waals surface area contributed by atoms with Gasteiger partial charge in [0.25, 0.3) is 0 Å². The fraction of sp³-hybridized carbons (Fsp3) is 1.00. The van der Waals surface area contributed by atoms with Crippen molar-refractivity contribution in [2.45, 2.75) is 65.1 Å². The smallest absolute Gasteiger partial charge is 0.157 e. The third-order valence-electron chi connectivity index (χ3n) is 5.00. The first-order valence-electron chi connectivity index (χ1n) is 7.98. The molecule has 0 amide bonds. The third kappa shape index (κ3) is 4.63. The molecule has 0 spiro atoms. The second-order valence-electron chi connectivity index (χ2n) is 6.68. The quantitative estimate of drug-likeness (QED) is 0.662. The van der Waals surface area contributed by atoms with Crippen LogP contribution in [0, 0.1) is 23.7 Å².